The summed E-state index contributed by atoms with van der Waals surface area (Å²) in [5.41, 5.74) is 1.08. The van der Waals surface area contributed by atoms with Gasteiger partial charge >= 0.3 is 0 Å². The van der Waals surface area contributed by atoms with E-state index in [9.17, 15) is 0 Å². The minimum Gasteiger partial charge on any atom is -0.493 e. The van der Waals surface area contributed by atoms with E-state index >= 15 is 0 Å². The molecule has 0 spiro atoms. The second-order valence-electron chi connectivity index (χ2n) is 4.68. The van der Waals surface area contributed by atoms with Crippen LogP contribution in [0.4, 0.5) is 0 Å². The number of methoxy groups -OCH3 is 1. The van der Waals surface area contributed by atoms with Crippen molar-refractivity contribution in [2.45, 2.75) is 13.0 Å². The second-order valence-corrected chi connectivity index (χ2v) is 5.66. The first-order valence-corrected chi connectivity index (χ1v) is 8.48. The molecule has 1 aromatic carbocycles. The van der Waals surface area contributed by atoms with E-state index in [0.717, 1.165) is 48.1 Å². The molecule has 1 aromatic rings. The largest absolute Gasteiger partial charge is 0.493 e. The molecule has 0 saturated heterocycles. The fourth-order valence-corrected chi connectivity index (χ4v) is 2.43. The van der Waals surface area contributed by atoms with Crippen LogP contribution in [0.15, 0.2) is 12.1 Å². The Morgan fingerprint density at radius 3 is 2.81 bits per heavy atom. The Kier molecular flexibility index (Phi) is 6.99. The van der Waals surface area contributed by atoms with E-state index in [0.29, 0.717) is 13.2 Å². The van der Waals surface area contributed by atoms with Gasteiger partial charge in [-0.15, -0.1) is 0 Å². The highest BCUT2D eigenvalue weighted by Crippen LogP contribution is 2.38. The predicted molar refractivity (Wildman–Crippen MR) is 84.6 cm³/mol. The highest BCUT2D eigenvalue weighted by Gasteiger charge is 2.17. The lowest BCUT2D eigenvalue weighted by atomic mass is 10.1. The first-order valence-electron chi connectivity index (χ1n) is 7.09. The Bertz CT molecular complexity index is 403. The van der Waals surface area contributed by atoms with E-state index in [-0.39, 0.29) is 6.79 Å². The van der Waals surface area contributed by atoms with Gasteiger partial charge in [-0.1, -0.05) is 0 Å². The lowest BCUT2D eigenvalue weighted by Crippen LogP contribution is -2.19. The molecular formula is C15H23NO4S. The molecule has 5 nitrogen and oxygen atoms in total. The maximum atomic E-state index is 5.90. The molecule has 0 saturated carbocycles. The van der Waals surface area contributed by atoms with Crippen LogP contribution >= 0.6 is 11.8 Å². The van der Waals surface area contributed by atoms with Crippen molar-refractivity contribution < 1.29 is 18.9 Å². The highest BCUT2D eigenvalue weighted by atomic mass is 32.2. The van der Waals surface area contributed by atoms with Crippen LogP contribution in [0.25, 0.3) is 0 Å². The molecule has 118 valence electrons. The summed E-state index contributed by atoms with van der Waals surface area (Å²) in [7, 11) is 1.70. The number of rotatable bonds is 10. The lowest BCUT2D eigenvalue weighted by Gasteiger charge is -2.13. The summed E-state index contributed by atoms with van der Waals surface area (Å²) in [6.07, 6.45) is 3.14. The quantitative estimate of drug-likeness (QED) is 0.669. The van der Waals surface area contributed by atoms with E-state index in [2.05, 4.69) is 11.6 Å². The average molecular weight is 313 g/mol. The number of hydrogen-bond donors (Lipinski definition) is 1. The zero-order chi connectivity index (χ0) is 14.9. The van der Waals surface area contributed by atoms with Gasteiger partial charge in [0.1, 0.15) is 5.75 Å². The van der Waals surface area contributed by atoms with Crippen molar-refractivity contribution in [1.82, 2.24) is 5.32 Å². The summed E-state index contributed by atoms with van der Waals surface area (Å²) in [5, 5.41) is 3.33. The molecular weight excluding hydrogens is 290 g/mol. The van der Waals surface area contributed by atoms with Gasteiger partial charge in [0.2, 0.25) is 6.79 Å². The molecule has 0 bridgehead atoms. The van der Waals surface area contributed by atoms with Crippen LogP contribution < -0.4 is 19.5 Å². The van der Waals surface area contributed by atoms with Crippen molar-refractivity contribution in [2.24, 2.45) is 0 Å². The fraction of sp³-hybridized carbons (Fsp3) is 0.600. The monoisotopic (exact) mass is 313 g/mol. The molecule has 0 aliphatic carbocycles. The smallest absolute Gasteiger partial charge is 0.231 e. The van der Waals surface area contributed by atoms with Gasteiger partial charge in [-0.05, 0) is 24.5 Å². The molecule has 2 rings (SSSR count). The molecule has 6 heteroatoms. The summed E-state index contributed by atoms with van der Waals surface area (Å²) in [6.45, 7) is 3.20. The zero-order valence-corrected chi connectivity index (χ0v) is 13.5. The van der Waals surface area contributed by atoms with Crippen LogP contribution in [0.1, 0.15) is 12.0 Å². The number of ether oxygens (including phenoxy) is 4. The van der Waals surface area contributed by atoms with E-state index in [1.54, 1.807) is 7.11 Å². The van der Waals surface area contributed by atoms with Crippen LogP contribution in [-0.2, 0) is 11.3 Å². The number of hydrogen-bond acceptors (Lipinski definition) is 6. The molecule has 0 aromatic heterocycles. The lowest BCUT2D eigenvalue weighted by molar-refractivity contribution is 0.173. The maximum absolute atomic E-state index is 5.90. The summed E-state index contributed by atoms with van der Waals surface area (Å²) < 4.78 is 21.8. The third-order valence-electron chi connectivity index (χ3n) is 3.10. The SMILES string of the molecule is COCCNCc1cc2c(cc1OCCCSC)OCO2. The highest BCUT2D eigenvalue weighted by molar-refractivity contribution is 7.98. The Hall–Kier alpha value is -1.11. The molecule has 1 N–H and O–H groups in total. The van der Waals surface area contributed by atoms with Gasteiger partial charge in [-0.3, -0.25) is 0 Å². The van der Waals surface area contributed by atoms with E-state index in [1.807, 2.05) is 23.9 Å². The number of benzene rings is 1. The van der Waals surface area contributed by atoms with E-state index < -0.39 is 0 Å². The van der Waals surface area contributed by atoms with Crippen molar-refractivity contribution in [3.05, 3.63) is 17.7 Å². The standard InChI is InChI=1S/C15H23NO4S/c1-17-6-4-16-10-12-8-14-15(20-11-19-14)9-13(12)18-5-3-7-21-2/h8-9,16H,3-7,10-11H2,1-2H3. The van der Waals surface area contributed by atoms with Crippen LogP contribution in [0.5, 0.6) is 17.2 Å². The topological polar surface area (TPSA) is 49.0 Å². The normalized spacial score (nSPS) is 12.7. The van der Waals surface area contributed by atoms with Gasteiger partial charge < -0.3 is 24.3 Å². The Labute approximate surface area is 130 Å². The molecule has 0 amide bonds. The molecule has 1 aliphatic rings. The Morgan fingerprint density at radius 1 is 1.24 bits per heavy atom. The molecule has 1 heterocycles. The van der Waals surface area contributed by atoms with Crippen molar-refractivity contribution in [3.8, 4) is 17.2 Å². The Morgan fingerprint density at radius 2 is 2.05 bits per heavy atom. The summed E-state index contributed by atoms with van der Waals surface area (Å²) >= 11 is 1.83. The van der Waals surface area contributed by atoms with E-state index in [4.69, 9.17) is 18.9 Å². The van der Waals surface area contributed by atoms with Gasteiger partial charge in [0.15, 0.2) is 11.5 Å². The molecule has 0 unspecified atom stereocenters. The minimum absolute atomic E-state index is 0.280. The van der Waals surface area contributed by atoms with Gasteiger partial charge in [0, 0.05) is 31.8 Å². The van der Waals surface area contributed by atoms with Gasteiger partial charge in [-0.25, -0.2) is 0 Å². The molecule has 1 aliphatic heterocycles. The van der Waals surface area contributed by atoms with Gasteiger partial charge in [0.05, 0.1) is 13.2 Å². The maximum Gasteiger partial charge on any atom is 0.231 e. The molecule has 21 heavy (non-hydrogen) atoms. The first-order chi connectivity index (χ1) is 10.3. The predicted octanol–water partition coefficient (Wildman–Crippen LogP) is 2.28. The summed E-state index contributed by atoms with van der Waals surface area (Å²) in [5.74, 6) is 3.52. The van der Waals surface area contributed by atoms with Crippen LogP contribution in [0.3, 0.4) is 0 Å². The summed E-state index contributed by atoms with van der Waals surface area (Å²) in [6, 6.07) is 3.92. The molecule has 0 radical (unpaired) electrons. The second kappa shape index (κ2) is 9.02. The Balaban J connectivity index is 1.97. The fourth-order valence-electron chi connectivity index (χ4n) is 2.02. The van der Waals surface area contributed by atoms with Crippen molar-refractivity contribution in [3.63, 3.8) is 0 Å². The van der Waals surface area contributed by atoms with Crippen molar-refractivity contribution >= 4 is 11.8 Å². The van der Waals surface area contributed by atoms with Gasteiger partial charge in [-0.2, -0.15) is 11.8 Å². The minimum atomic E-state index is 0.280. The van der Waals surface area contributed by atoms with Gasteiger partial charge in [0.25, 0.3) is 0 Å². The number of fused-ring (bicyclic) bond motifs is 1. The van der Waals surface area contributed by atoms with Crippen LogP contribution in [-0.4, -0.2) is 45.7 Å². The first kappa shape index (κ1) is 16.3. The van der Waals surface area contributed by atoms with Crippen LogP contribution in [0, 0.1) is 0 Å². The van der Waals surface area contributed by atoms with Crippen molar-refractivity contribution in [2.75, 3.05) is 45.7 Å². The third kappa shape index (κ3) is 4.98. The molecule has 0 fully saturated rings. The third-order valence-corrected chi connectivity index (χ3v) is 3.80. The number of thioether (sulfide) groups is 1. The van der Waals surface area contributed by atoms with E-state index in [1.165, 1.54) is 0 Å². The zero-order valence-electron chi connectivity index (χ0n) is 12.6. The summed E-state index contributed by atoms with van der Waals surface area (Å²) in [4.78, 5) is 0. The van der Waals surface area contributed by atoms with Crippen molar-refractivity contribution in [1.29, 1.82) is 0 Å². The van der Waals surface area contributed by atoms with Crippen LogP contribution in [0.2, 0.25) is 0 Å². The average Bonchev–Trinajstić information content (AvgIpc) is 2.95. The number of nitrogens with one attached hydrogen (secondary N) is 1. The molecule has 0 atom stereocenters.